The first-order valence-electron chi connectivity index (χ1n) is 11.8. The molecule has 0 radical (unpaired) electrons. The van der Waals surface area contributed by atoms with E-state index < -0.39 is 0 Å². The standard InChI is InChI=1S/C26H23Cl2N3O2S/c27-17-4-3-5-18(28)23(17)24-16(25(33-30-24)15-8-9-15)13-32-21-11-14-10-20(21)31(12-14)26-29-19-6-1-2-7-22(19)34-26/h1-7,14-15,20-21H,8-13H2. The third-order valence-corrected chi connectivity index (χ3v) is 9.06. The number of anilines is 1. The van der Waals surface area contributed by atoms with Crippen LogP contribution < -0.4 is 4.90 Å². The van der Waals surface area contributed by atoms with Gasteiger partial charge in [-0.05, 0) is 55.9 Å². The number of fused-ring (bicyclic) bond motifs is 3. The van der Waals surface area contributed by atoms with Crippen LogP contribution in [0.3, 0.4) is 0 Å². The molecule has 3 unspecified atom stereocenters. The summed E-state index contributed by atoms with van der Waals surface area (Å²) in [4.78, 5) is 7.37. The smallest absolute Gasteiger partial charge is 0.186 e. The Morgan fingerprint density at radius 2 is 1.88 bits per heavy atom. The lowest BCUT2D eigenvalue weighted by molar-refractivity contribution is 0.0256. The maximum Gasteiger partial charge on any atom is 0.186 e. The van der Waals surface area contributed by atoms with Gasteiger partial charge in [0.05, 0.1) is 39.0 Å². The molecule has 2 aromatic carbocycles. The van der Waals surface area contributed by atoms with E-state index in [4.69, 9.17) is 37.4 Å². The molecule has 1 aliphatic heterocycles. The van der Waals surface area contributed by atoms with Gasteiger partial charge < -0.3 is 14.2 Å². The minimum Gasteiger partial charge on any atom is -0.371 e. The first-order valence-corrected chi connectivity index (χ1v) is 13.4. The maximum absolute atomic E-state index is 6.62. The number of hydrogen-bond donors (Lipinski definition) is 0. The van der Waals surface area contributed by atoms with E-state index in [1.165, 1.54) is 4.70 Å². The second kappa shape index (κ2) is 8.23. The molecule has 7 rings (SSSR count). The molecule has 2 saturated carbocycles. The van der Waals surface area contributed by atoms with Crippen LogP contribution in [0.1, 0.15) is 42.9 Å². The largest absolute Gasteiger partial charge is 0.371 e. The lowest BCUT2D eigenvalue weighted by Gasteiger charge is -2.33. The number of piperidine rings is 1. The molecule has 3 atom stereocenters. The Kier molecular flexibility index (Phi) is 5.13. The van der Waals surface area contributed by atoms with Gasteiger partial charge >= 0.3 is 0 Å². The first-order chi connectivity index (χ1) is 16.7. The average molecular weight is 512 g/mol. The van der Waals surface area contributed by atoms with Crippen molar-refractivity contribution in [2.24, 2.45) is 5.92 Å². The predicted octanol–water partition coefficient (Wildman–Crippen LogP) is 7.32. The van der Waals surface area contributed by atoms with E-state index in [1.54, 1.807) is 11.3 Å². The van der Waals surface area contributed by atoms with E-state index >= 15 is 0 Å². The van der Waals surface area contributed by atoms with Crippen molar-refractivity contribution in [3.63, 3.8) is 0 Å². The molecule has 4 aromatic rings. The summed E-state index contributed by atoms with van der Waals surface area (Å²) in [5.74, 6) is 1.99. The van der Waals surface area contributed by atoms with Crippen LogP contribution in [0.15, 0.2) is 47.0 Å². The Balaban J connectivity index is 1.16. The van der Waals surface area contributed by atoms with Gasteiger partial charge in [0.1, 0.15) is 11.5 Å². The van der Waals surface area contributed by atoms with Crippen molar-refractivity contribution < 1.29 is 9.26 Å². The molecule has 3 aliphatic rings. The summed E-state index contributed by atoms with van der Waals surface area (Å²) in [7, 11) is 0. The van der Waals surface area contributed by atoms with Gasteiger partial charge in [0, 0.05) is 23.6 Å². The van der Waals surface area contributed by atoms with E-state index in [2.05, 4.69) is 28.3 Å². The van der Waals surface area contributed by atoms with Crippen LogP contribution in [0.25, 0.3) is 21.5 Å². The molecule has 0 amide bonds. The Labute approximate surface area is 211 Å². The van der Waals surface area contributed by atoms with Gasteiger partial charge in [-0.3, -0.25) is 0 Å². The van der Waals surface area contributed by atoms with E-state index in [0.29, 0.717) is 40.2 Å². The third-order valence-electron chi connectivity index (χ3n) is 7.36. The molecule has 174 valence electrons. The van der Waals surface area contributed by atoms with Crippen molar-refractivity contribution >= 4 is 49.9 Å². The SMILES string of the molecule is Clc1cccc(Cl)c1-c1noc(C2CC2)c1COC1CC2CC1N(c1nc3ccccc3s1)C2. The van der Waals surface area contributed by atoms with Crippen molar-refractivity contribution in [3.05, 3.63) is 63.8 Å². The van der Waals surface area contributed by atoms with Crippen LogP contribution in [0.5, 0.6) is 0 Å². The lowest BCUT2D eigenvalue weighted by atomic mass is 10.0. The third kappa shape index (κ3) is 3.54. The highest BCUT2D eigenvalue weighted by molar-refractivity contribution is 7.22. The summed E-state index contributed by atoms with van der Waals surface area (Å²) in [5.41, 5.74) is 3.50. The van der Waals surface area contributed by atoms with E-state index in [9.17, 15) is 0 Å². The minimum absolute atomic E-state index is 0.155. The number of rotatable bonds is 6. The van der Waals surface area contributed by atoms with E-state index in [0.717, 1.165) is 59.8 Å². The highest BCUT2D eigenvalue weighted by Crippen LogP contribution is 2.48. The van der Waals surface area contributed by atoms with Crippen molar-refractivity contribution in [3.8, 4) is 11.3 Å². The number of ether oxygens (including phenoxy) is 1. The lowest BCUT2D eigenvalue weighted by Crippen LogP contribution is -2.42. The first kappa shape index (κ1) is 21.2. The summed E-state index contributed by atoms with van der Waals surface area (Å²) in [6, 6.07) is 14.2. The fourth-order valence-electron chi connectivity index (χ4n) is 5.59. The molecule has 34 heavy (non-hydrogen) atoms. The molecule has 0 spiro atoms. The maximum atomic E-state index is 6.62. The molecular weight excluding hydrogens is 489 g/mol. The van der Waals surface area contributed by atoms with Crippen molar-refractivity contribution in [1.29, 1.82) is 0 Å². The Morgan fingerprint density at radius 1 is 1.06 bits per heavy atom. The fourth-order valence-corrected chi connectivity index (χ4v) is 7.20. The van der Waals surface area contributed by atoms with Crippen LogP contribution >= 0.6 is 34.5 Å². The van der Waals surface area contributed by atoms with Gasteiger partial charge in [-0.15, -0.1) is 0 Å². The van der Waals surface area contributed by atoms with Gasteiger partial charge in [0.25, 0.3) is 0 Å². The summed E-state index contributed by atoms with van der Waals surface area (Å²) in [6.45, 7) is 1.51. The van der Waals surface area contributed by atoms with Gasteiger partial charge in [-0.25, -0.2) is 4.98 Å². The zero-order valence-corrected chi connectivity index (χ0v) is 20.7. The summed E-state index contributed by atoms with van der Waals surface area (Å²) in [5, 5.41) is 6.66. The summed E-state index contributed by atoms with van der Waals surface area (Å²) in [6.07, 6.45) is 4.64. The normalized spacial score (nSPS) is 23.9. The van der Waals surface area contributed by atoms with Crippen molar-refractivity contribution in [1.82, 2.24) is 10.1 Å². The molecule has 2 aliphatic carbocycles. The number of benzene rings is 2. The topological polar surface area (TPSA) is 51.4 Å². The van der Waals surface area contributed by atoms with Crippen LogP contribution in [0.2, 0.25) is 10.0 Å². The number of hydrogen-bond acceptors (Lipinski definition) is 6. The molecule has 8 heteroatoms. The second-order valence-corrected chi connectivity index (χ2v) is 11.4. The molecule has 3 heterocycles. The monoisotopic (exact) mass is 511 g/mol. The van der Waals surface area contributed by atoms with Crippen LogP contribution in [-0.2, 0) is 11.3 Å². The number of halogens is 2. The molecule has 2 aromatic heterocycles. The molecule has 2 bridgehead atoms. The second-order valence-electron chi connectivity index (χ2n) is 9.62. The predicted molar refractivity (Wildman–Crippen MR) is 136 cm³/mol. The van der Waals surface area contributed by atoms with E-state index in [1.807, 2.05) is 24.3 Å². The quantitative estimate of drug-likeness (QED) is 0.271. The van der Waals surface area contributed by atoms with E-state index in [-0.39, 0.29) is 6.10 Å². The molecule has 3 fully saturated rings. The van der Waals surface area contributed by atoms with Gasteiger partial charge in [-0.1, -0.05) is 57.9 Å². The Morgan fingerprint density at radius 3 is 2.65 bits per heavy atom. The summed E-state index contributed by atoms with van der Waals surface area (Å²) < 4.78 is 13.7. The zero-order chi connectivity index (χ0) is 22.8. The number of aromatic nitrogens is 2. The Bertz CT molecular complexity index is 1330. The van der Waals surface area contributed by atoms with Crippen LogP contribution in [0, 0.1) is 5.92 Å². The highest BCUT2D eigenvalue weighted by Gasteiger charge is 2.47. The molecule has 0 N–H and O–H groups in total. The van der Waals surface area contributed by atoms with Crippen LogP contribution in [-0.4, -0.2) is 28.8 Å². The number of para-hydroxylation sites is 1. The molecule has 1 saturated heterocycles. The summed E-state index contributed by atoms with van der Waals surface area (Å²) >= 11 is 14.8. The number of nitrogens with zero attached hydrogens (tertiary/aromatic N) is 3. The minimum atomic E-state index is 0.155. The Hall–Kier alpha value is -2.12. The van der Waals surface area contributed by atoms with Gasteiger partial charge in [0.2, 0.25) is 0 Å². The van der Waals surface area contributed by atoms with Crippen molar-refractivity contribution in [2.45, 2.75) is 50.4 Å². The van der Waals surface area contributed by atoms with Gasteiger partial charge in [0.15, 0.2) is 5.13 Å². The molecule has 5 nitrogen and oxygen atoms in total. The fraction of sp³-hybridized carbons (Fsp3) is 0.385. The zero-order valence-electron chi connectivity index (χ0n) is 18.4. The van der Waals surface area contributed by atoms with Crippen molar-refractivity contribution in [2.75, 3.05) is 11.4 Å². The van der Waals surface area contributed by atoms with Gasteiger partial charge in [-0.2, -0.15) is 0 Å². The highest BCUT2D eigenvalue weighted by atomic mass is 35.5. The average Bonchev–Trinajstić information content (AvgIpc) is 3.17. The number of thiazole rings is 1. The van der Waals surface area contributed by atoms with Crippen LogP contribution in [0.4, 0.5) is 5.13 Å². The molecular formula is C26H23Cl2N3O2S.